The lowest BCUT2D eigenvalue weighted by Gasteiger charge is -2.13. The molecule has 0 aliphatic carbocycles. The van der Waals surface area contributed by atoms with Crippen LogP contribution in [0.15, 0.2) is 0 Å². The van der Waals surface area contributed by atoms with E-state index in [0.717, 1.165) is 25.7 Å². The zero-order chi connectivity index (χ0) is 11.5. The number of rotatable bonds is 4. The van der Waals surface area contributed by atoms with Gasteiger partial charge >= 0.3 is 0 Å². The number of sulfone groups is 1. The standard InChI is InChI=1S/C9H17NO4S/c1-7(15(2,12)13)9(11)10-6-8-4-3-5-14-8/h7-8H,3-6H2,1-2H3,(H,10,11)/t7-,8+/m1/s1. The van der Waals surface area contributed by atoms with Crippen molar-refractivity contribution in [1.29, 1.82) is 0 Å². The van der Waals surface area contributed by atoms with E-state index < -0.39 is 21.0 Å². The van der Waals surface area contributed by atoms with Crippen LogP contribution in [0.5, 0.6) is 0 Å². The van der Waals surface area contributed by atoms with Crippen molar-refractivity contribution in [2.75, 3.05) is 19.4 Å². The Morgan fingerprint density at radius 3 is 2.73 bits per heavy atom. The summed E-state index contributed by atoms with van der Waals surface area (Å²) in [5.41, 5.74) is 0. The van der Waals surface area contributed by atoms with Crippen LogP contribution in [-0.2, 0) is 19.4 Å². The summed E-state index contributed by atoms with van der Waals surface area (Å²) in [6.45, 7) is 2.51. The lowest BCUT2D eigenvalue weighted by Crippen LogP contribution is -2.40. The maximum Gasteiger partial charge on any atom is 0.238 e. The number of carbonyl (C=O) groups is 1. The fourth-order valence-electron chi connectivity index (χ4n) is 1.36. The maximum absolute atomic E-state index is 11.4. The topological polar surface area (TPSA) is 72.5 Å². The van der Waals surface area contributed by atoms with Crippen LogP contribution in [0, 0.1) is 0 Å². The number of nitrogens with one attached hydrogen (secondary N) is 1. The molecule has 6 heteroatoms. The van der Waals surface area contributed by atoms with E-state index in [0.29, 0.717) is 6.54 Å². The van der Waals surface area contributed by atoms with Crippen molar-refractivity contribution in [3.05, 3.63) is 0 Å². The molecule has 1 fully saturated rings. The van der Waals surface area contributed by atoms with Gasteiger partial charge in [0.1, 0.15) is 5.25 Å². The molecule has 1 amide bonds. The first-order valence-electron chi connectivity index (χ1n) is 4.99. The van der Waals surface area contributed by atoms with Crippen LogP contribution in [0.1, 0.15) is 19.8 Å². The lowest BCUT2D eigenvalue weighted by atomic mass is 10.2. The van der Waals surface area contributed by atoms with E-state index in [4.69, 9.17) is 4.74 Å². The van der Waals surface area contributed by atoms with Crippen molar-refractivity contribution in [1.82, 2.24) is 5.32 Å². The van der Waals surface area contributed by atoms with Gasteiger partial charge in [0.05, 0.1) is 6.10 Å². The van der Waals surface area contributed by atoms with Crippen molar-refractivity contribution in [2.45, 2.75) is 31.1 Å². The van der Waals surface area contributed by atoms with Crippen LogP contribution < -0.4 is 5.32 Å². The molecule has 1 aliphatic heterocycles. The molecule has 88 valence electrons. The summed E-state index contributed by atoms with van der Waals surface area (Å²) in [6, 6.07) is 0. The van der Waals surface area contributed by atoms with E-state index in [1.807, 2.05) is 0 Å². The molecule has 1 heterocycles. The highest BCUT2D eigenvalue weighted by atomic mass is 32.2. The van der Waals surface area contributed by atoms with Gasteiger partial charge < -0.3 is 10.1 Å². The van der Waals surface area contributed by atoms with Gasteiger partial charge in [-0.2, -0.15) is 0 Å². The summed E-state index contributed by atoms with van der Waals surface area (Å²) in [4.78, 5) is 11.4. The lowest BCUT2D eigenvalue weighted by molar-refractivity contribution is -0.120. The molecule has 0 aromatic rings. The monoisotopic (exact) mass is 235 g/mol. The van der Waals surface area contributed by atoms with E-state index >= 15 is 0 Å². The number of ether oxygens (including phenoxy) is 1. The van der Waals surface area contributed by atoms with E-state index in [1.165, 1.54) is 6.92 Å². The third kappa shape index (κ3) is 3.79. The highest BCUT2D eigenvalue weighted by Gasteiger charge is 2.24. The van der Waals surface area contributed by atoms with Gasteiger partial charge in [0.2, 0.25) is 5.91 Å². The molecular weight excluding hydrogens is 218 g/mol. The quantitative estimate of drug-likeness (QED) is 0.727. The molecule has 1 rings (SSSR count). The second-order valence-electron chi connectivity index (χ2n) is 3.85. The Bertz CT molecular complexity index is 319. The molecule has 0 bridgehead atoms. The molecule has 5 nitrogen and oxygen atoms in total. The number of hydrogen-bond donors (Lipinski definition) is 1. The summed E-state index contributed by atoms with van der Waals surface area (Å²) < 4.78 is 27.5. The Hall–Kier alpha value is -0.620. The maximum atomic E-state index is 11.4. The normalized spacial score (nSPS) is 23.7. The van der Waals surface area contributed by atoms with Gasteiger partial charge in [-0.25, -0.2) is 8.42 Å². The van der Waals surface area contributed by atoms with Gasteiger partial charge in [-0.15, -0.1) is 0 Å². The van der Waals surface area contributed by atoms with Crippen molar-refractivity contribution < 1.29 is 17.9 Å². The number of hydrogen-bond acceptors (Lipinski definition) is 4. The van der Waals surface area contributed by atoms with Gasteiger partial charge in [-0.05, 0) is 19.8 Å². The number of carbonyl (C=O) groups excluding carboxylic acids is 1. The van der Waals surface area contributed by atoms with Crippen LogP contribution in [0.4, 0.5) is 0 Å². The Kier molecular flexibility index (Phi) is 4.10. The Balaban J connectivity index is 2.35. The van der Waals surface area contributed by atoms with Crippen molar-refractivity contribution in [2.24, 2.45) is 0 Å². The summed E-state index contributed by atoms with van der Waals surface area (Å²) in [5.74, 6) is -0.451. The zero-order valence-electron chi connectivity index (χ0n) is 9.02. The Morgan fingerprint density at radius 1 is 1.60 bits per heavy atom. The van der Waals surface area contributed by atoms with E-state index in [9.17, 15) is 13.2 Å². The second kappa shape index (κ2) is 4.94. The van der Waals surface area contributed by atoms with Gasteiger partial charge in [-0.1, -0.05) is 0 Å². The van der Waals surface area contributed by atoms with Crippen LogP contribution >= 0.6 is 0 Å². The van der Waals surface area contributed by atoms with Gasteiger partial charge in [0.15, 0.2) is 9.84 Å². The first-order chi connectivity index (χ1) is 6.91. The molecule has 15 heavy (non-hydrogen) atoms. The fourth-order valence-corrected chi connectivity index (χ4v) is 1.83. The summed E-state index contributed by atoms with van der Waals surface area (Å²) in [7, 11) is -3.30. The summed E-state index contributed by atoms with van der Waals surface area (Å²) in [6.07, 6.45) is 3.03. The van der Waals surface area contributed by atoms with Crippen LogP contribution in [0.25, 0.3) is 0 Å². The second-order valence-corrected chi connectivity index (χ2v) is 6.22. The minimum absolute atomic E-state index is 0.0423. The molecule has 2 atom stereocenters. The van der Waals surface area contributed by atoms with Crippen molar-refractivity contribution >= 4 is 15.7 Å². The minimum atomic E-state index is -3.30. The average molecular weight is 235 g/mol. The fraction of sp³-hybridized carbons (Fsp3) is 0.889. The summed E-state index contributed by atoms with van der Waals surface area (Å²) in [5, 5.41) is 1.60. The minimum Gasteiger partial charge on any atom is -0.376 e. The highest BCUT2D eigenvalue weighted by Crippen LogP contribution is 2.10. The summed E-state index contributed by atoms with van der Waals surface area (Å²) >= 11 is 0. The predicted octanol–water partition coefficient (Wildman–Crippen LogP) is -0.285. The predicted molar refractivity (Wildman–Crippen MR) is 56.3 cm³/mol. The third-order valence-electron chi connectivity index (χ3n) is 2.54. The number of amides is 1. The molecule has 0 spiro atoms. The molecule has 0 saturated carbocycles. The largest absolute Gasteiger partial charge is 0.376 e. The SMILES string of the molecule is C[C@H](C(=O)NC[C@@H]1CCCO1)S(C)(=O)=O. The molecule has 0 aromatic heterocycles. The first kappa shape index (κ1) is 12.4. The Morgan fingerprint density at radius 2 is 2.27 bits per heavy atom. The van der Waals surface area contributed by atoms with Crippen LogP contribution in [-0.4, -0.2) is 45.1 Å². The molecule has 1 saturated heterocycles. The first-order valence-corrected chi connectivity index (χ1v) is 6.95. The van der Waals surface area contributed by atoms with Crippen molar-refractivity contribution in [3.8, 4) is 0 Å². The molecule has 1 aliphatic rings. The van der Waals surface area contributed by atoms with Crippen LogP contribution in [0.2, 0.25) is 0 Å². The smallest absolute Gasteiger partial charge is 0.238 e. The van der Waals surface area contributed by atoms with Gasteiger partial charge in [0, 0.05) is 19.4 Å². The average Bonchev–Trinajstić information content (AvgIpc) is 2.63. The van der Waals surface area contributed by atoms with E-state index in [-0.39, 0.29) is 6.10 Å². The Labute approximate surface area is 90.1 Å². The van der Waals surface area contributed by atoms with E-state index in [2.05, 4.69) is 5.32 Å². The highest BCUT2D eigenvalue weighted by molar-refractivity contribution is 7.92. The van der Waals surface area contributed by atoms with Gasteiger partial charge in [-0.3, -0.25) is 4.79 Å². The molecular formula is C9H17NO4S. The third-order valence-corrected chi connectivity index (χ3v) is 4.04. The van der Waals surface area contributed by atoms with E-state index in [1.54, 1.807) is 0 Å². The molecule has 1 N–H and O–H groups in total. The molecule has 0 aromatic carbocycles. The molecule has 0 radical (unpaired) electrons. The van der Waals surface area contributed by atoms with Crippen molar-refractivity contribution in [3.63, 3.8) is 0 Å². The van der Waals surface area contributed by atoms with Crippen LogP contribution in [0.3, 0.4) is 0 Å². The van der Waals surface area contributed by atoms with Gasteiger partial charge in [0.25, 0.3) is 0 Å². The zero-order valence-corrected chi connectivity index (χ0v) is 9.84. The molecule has 0 unspecified atom stereocenters.